The predicted octanol–water partition coefficient (Wildman–Crippen LogP) is 3.13. The summed E-state index contributed by atoms with van der Waals surface area (Å²) in [6.07, 6.45) is 5.82. The van der Waals surface area contributed by atoms with Crippen LogP contribution in [0, 0.1) is 5.92 Å². The van der Waals surface area contributed by atoms with Gasteiger partial charge in [0.05, 0.1) is 6.10 Å². The van der Waals surface area contributed by atoms with E-state index in [0.29, 0.717) is 12.8 Å². The van der Waals surface area contributed by atoms with Crippen molar-refractivity contribution in [2.24, 2.45) is 5.92 Å². The van der Waals surface area contributed by atoms with Crippen LogP contribution in [0.2, 0.25) is 0 Å². The molecule has 3 unspecified atom stereocenters. The van der Waals surface area contributed by atoms with Crippen LogP contribution in [-0.4, -0.2) is 46.6 Å². The van der Waals surface area contributed by atoms with E-state index in [4.69, 9.17) is 4.74 Å². The van der Waals surface area contributed by atoms with Gasteiger partial charge in [-0.25, -0.2) is 4.79 Å². The quantitative estimate of drug-likeness (QED) is 0.747. The molecule has 1 aliphatic heterocycles. The van der Waals surface area contributed by atoms with Gasteiger partial charge in [0, 0.05) is 12.4 Å². The standard InChI is InChI=1S/C24H29N3O4/c1-16(2)13-19(22(29)26-24-11-6-9-21(24)31-15-20(24)28)25-23(30)27-12-10-18(14-27)17-7-4-3-5-8-17/h3-5,7-8,10,12,14,16,19,21H,6,9,11,13,15H2,1-2H3,(H,25,30)(H,26,29). The van der Waals surface area contributed by atoms with Gasteiger partial charge in [-0.15, -0.1) is 0 Å². The van der Waals surface area contributed by atoms with Gasteiger partial charge in [0.2, 0.25) is 5.91 Å². The molecule has 2 heterocycles. The van der Waals surface area contributed by atoms with Crippen molar-refractivity contribution in [1.29, 1.82) is 0 Å². The number of hydrogen-bond acceptors (Lipinski definition) is 4. The van der Waals surface area contributed by atoms with Gasteiger partial charge in [-0.1, -0.05) is 44.2 Å². The number of carbonyl (C=O) groups is 3. The second-order valence-electron chi connectivity index (χ2n) is 8.88. The first-order chi connectivity index (χ1) is 14.9. The van der Waals surface area contributed by atoms with Crippen molar-refractivity contribution in [1.82, 2.24) is 15.2 Å². The fourth-order valence-corrected chi connectivity index (χ4v) is 4.59. The summed E-state index contributed by atoms with van der Waals surface area (Å²) >= 11 is 0. The van der Waals surface area contributed by atoms with Crippen LogP contribution in [0.15, 0.2) is 48.8 Å². The molecule has 2 aliphatic rings. The third-order valence-electron chi connectivity index (χ3n) is 6.20. The Balaban J connectivity index is 1.48. The molecular weight excluding hydrogens is 394 g/mol. The van der Waals surface area contributed by atoms with Gasteiger partial charge in [-0.2, -0.15) is 0 Å². The van der Waals surface area contributed by atoms with E-state index in [1.807, 2.05) is 50.2 Å². The molecule has 7 nitrogen and oxygen atoms in total. The minimum Gasteiger partial charge on any atom is -0.367 e. The largest absolute Gasteiger partial charge is 0.367 e. The highest BCUT2D eigenvalue weighted by molar-refractivity contribution is 5.98. The molecule has 0 bridgehead atoms. The number of aromatic nitrogens is 1. The Labute approximate surface area is 182 Å². The Hall–Kier alpha value is -2.93. The van der Waals surface area contributed by atoms with E-state index in [0.717, 1.165) is 24.0 Å². The highest BCUT2D eigenvalue weighted by Crippen LogP contribution is 2.37. The third-order valence-corrected chi connectivity index (χ3v) is 6.20. The van der Waals surface area contributed by atoms with Crippen molar-refractivity contribution in [3.05, 3.63) is 48.8 Å². The molecule has 164 valence electrons. The smallest absolute Gasteiger partial charge is 0.326 e. The summed E-state index contributed by atoms with van der Waals surface area (Å²) < 4.78 is 7.04. The molecule has 1 aromatic heterocycles. The molecule has 1 saturated heterocycles. The van der Waals surface area contributed by atoms with Crippen molar-refractivity contribution in [2.75, 3.05) is 6.61 Å². The lowest BCUT2D eigenvalue weighted by atomic mass is 9.91. The Morgan fingerprint density at radius 2 is 1.97 bits per heavy atom. The van der Waals surface area contributed by atoms with Gasteiger partial charge in [0.15, 0.2) is 5.78 Å². The number of nitrogens with one attached hydrogen (secondary N) is 2. The maximum Gasteiger partial charge on any atom is 0.326 e. The highest BCUT2D eigenvalue weighted by Gasteiger charge is 2.55. The molecule has 1 aliphatic carbocycles. The van der Waals surface area contributed by atoms with Crippen LogP contribution < -0.4 is 10.6 Å². The van der Waals surface area contributed by atoms with Crippen molar-refractivity contribution >= 4 is 17.7 Å². The fraction of sp³-hybridized carbons (Fsp3) is 0.458. The number of ether oxygens (including phenoxy) is 1. The molecule has 2 N–H and O–H groups in total. The molecule has 4 rings (SSSR count). The average molecular weight is 424 g/mol. The first-order valence-electron chi connectivity index (χ1n) is 10.9. The minimum atomic E-state index is -0.940. The number of nitrogens with zero attached hydrogens (tertiary/aromatic N) is 1. The van der Waals surface area contributed by atoms with Crippen LogP contribution in [-0.2, 0) is 14.3 Å². The van der Waals surface area contributed by atoms with E-state index < -0.39 is 11.6 Å². The number of Topliss-reactive ketones (excluding diaryl/α,β-unsaturated/α-hetero) is 1. The van der Waals surface area contributed by atoms with E-state index in [2.05, 4.69) is 10.6 Å². The monoisotopic (exact) mass is 423 g/mol. The topological polar surface area (TPSA) is 89.4 Å². The van der Waals surface area contributed by atoms with Crippen LogP contribution in [0.3, 0.4) is 0 Å². The van der Waals surface area contributed by atoms with Gasteiger partial charge in [-0.3, -0.25) is 14.2 Å². The van der Waals surface area contributed by atoms with Crippen molar-refractivity contribution in [3.8, 4) is 11.1 Å². The lowest BCUT2D eigenvalue weighted by Crippen LogP contribution is -2.60. The molecule has 1 saturated carbocycles. The van der Waals surface area contributed by atoms with Crippen LogP contribution >= 0.6 is 0 Å². The average Bonchev–Trinajstić information content (AvgIpc) is 3.45. The number of ketones is 1. The molecule has 0 radical (unpaired) electrons. The first-order valence-corrected chi connectivity index (χ1v) is 10.9. The molecule has 31 heavy (non-hydrogen) atoms. The van der Waals surface area contributed by atoms with Gasteiger partial charge in [0.1, 0.15) is 18.2 Å². The lowest BCUT2D eigenvalue weighted by molar-refractivity contribution is -0.131. The Morgan fingerprint density at radius 3 is 2.71 bits per heavy atom. The summed E-state index contributed by atoms with van der Waals surface area (Å²) in [6.45, 7) is 4.03. The van der Waals surface area contributed by atoms with Crippen molar-refractivity contribution in [3.63, 3.8) is 0 Å². The molecule has 1 aromatic carbocycles. The van der Waals surface area contributed by atoms with Gasteiger partial charge < -0.3 is 15.4 Å². The molecule has 2 fully saturated rings. The zero-order chi connectivity index (χ0) is 22.0. The molecule has 3 atom stereocenters. The van der Waals surface area contributed by atoms with Crippen LogP contribution in [0.25, 0.3) is 11.1 Å². The van der Waals surface area contributed by atoms with Crippen LogP contribution in [0.5, 0.6) is 0 Å². The summed E-state index contributed by atoms with van der Waals surface area (Å²) in [5, 5.41) is 5.81. The van der Waals surface area contributed by atoms with E-state index in [1.54, 1.807) is 12.4 Å². The fourth-order valence-electron chi connectivity index (χ4n) is 4.59. The third kappa shape index (κ3) is 4.28. The molecule has 7 heteroatoms. The van der Waals surface area contributed by atoms with Crippen LogP contribution in [0.4, 0.5) is 4.79 Å². The highest BCUT2D eigenvalue weighted by atomic mass is 16.5. The maximum absolute atomic E-state index is 13.2. The second kappa shape index (κ2) is 8.67. The lowest BCUT2D eigenvalue weighted by Gasteiger charge is -2.30. The van der Waals surface area contributed by atoms with Gasteiger partial charge >= 0.3 is 6.03 Å². The predicted molar refractivity (Wildman–Crippen MR) is 117 cm³/mol. The Kier molecular flexibility index (Phi) is 5.96. The summed E-state index contributed by atoms with van der Waals surface area (Å²) in [5.74, 6) is -0.216. The van der Waals surface area contributed by atoms with Gasteiger partial charge in [-0.05, 0) is 48.8 Å². The summed E-state index contributed by atoms with van der Waals surface area (Å²) in [7, 11) is 0. The number of carbonyl (C=O) groups excluding carboxylic acids is 3. The SMILES string of the molecule is CC(C)CC(NC(=O)n1ccc(-c2ccccc2)c1)C(=O)NC12CCCC1OCC2=O. The molecule has 0 spiro atoms. The Morgan fingerprint density at radius 1 is 1.19 bits per heavy atom. The van der Waals surface area contributed by atoms with Crippen molar-refractivity contribution in [2.45, 2.75) is 57.2 Å². The maximum atomic E-state index is 13.2. The number of fused-ring (bicyclic) bond motifs is 1. The molecule has 2 aromatic rings. The van der Waals surface area contributed by atoms with E-state index in [1.165, 1.54) is 4.57 Å². The van der Waals surface area contributed by atoms with E-state index >= 15 is 0 Å². The Bertz CT molecular complexity index is 968. The van der Waals surface area contributed by atoms with Crippen molar-refractivity contribution < 1.29 is 19.1 Å². The normalized spacial score (nSPS) is 23.6. The minimum absolute atomic E-state index is 0.0395. The summed E-state index contributed by atoms with van der Waals surface area (Å²) in [6, 6.07) is 10.5. The number of hydrogen-bond donors (Lipinski definition) is 2. The zero-order valence-electron chi connectivity index (χ0n) is 18.0. The number of amides is 2. The second-order valence-corrected chi connectivity index (χ2v) is 8.88. The summed E-state index contributed by atoms with van der Waals surface area (Å²) in [4.78, 5) is 38.6. The first kappa shape index (κ1) is 21.3. The zero-order valence-corrected chi connectivity index (χ0v) is 18.0. The summed E-state index contributed by atoms with van der Waals surface area (Å²) in [5.41, 5.74) is 0.990. The van der Waals surface area contributed by atoms with Crippen LogP contribution in [0.1, 0.15) is 39.5 Å². The molecular formula is C24H29N3O4. The van der Waals surface area contributed by atoms with E-state index in [9.17, 15) is 14.4 Å². The van der Waals surface area contributed by atoms with Gasteiger partial charge in [0.25, 0.3) is 0 Å². The molecule has 2 amide bonds. The van der Waals surface area contributed by atoms with E-state index in [-0.39, 0.29) is 36.4 Å². The number of benzene rings is 1. The number of rotatable bonds is 6.